The number of ether oxygens (including phenoxy) is 2. The molecular formula is C22H30N4O5S. The fourth-order valence-corrected chi connectivity index (χ4v) is 4.54. The van der Waals surface area contributed by atoms with Gasteiger partial charge in [-0.05, 0) is 37.1 Å². The topological polar surface area (TPSA) is 117 Å². The van der Waals surface area contributed by atoms with Gasteiger partial charge in [-0.2, -0.15) is 10.6 Å². The van der Waals surface area contributed by atoms with Crippen molar-refractivity contribution in [1.29, 1.82) is 0 Å². The van der Waals surface area contributed by atoms with Crippen LogP contribution in [0.2, 0.25) is 0 Å². The lowest BCUT2D eigenvalue weighted by Gasteiger charge is -2.30. The van der Waals surface area contributed by atoms with Crippen LogP contribution >= 0.6 is 10.6 Å². The number of morpholine rings is 1. The third kappa shape index (κ3) is 6.17. The Labute approximate surface area is 189 Å². The first-order chi connectivity index (χ1) is 15.4. The molecule has 0 saturated carbocycles. The summed E-state index contributed by atoms with van der Waals surface area (Å²) in [4.78, 5) is 23.9. The molecule has 2 aromatic rings. The van der Waals surface area contributed by atoms with Gasteiger partial charge in [-0.3, -0.25) is 13.9 Å². The maximum Gasteiger partial charge on any atom is 0.227 e. The van der Waals surface area contributed by atoms with Crippen molar-refractivity contribution in [2.45, 2.75) is 18.6 Å². The fraction of sp³-hybridized carbons (Fsp3) is 0.500. The molecule has 0 aliphatic carbocycles. The zero-order valence-electron chi connectivity index (χ0n) is 18.2. The second-order valence-corrected chi connectivity index (χ2v) is 10.5. The minimum Gasteiger partial charge on any atom is -0.381 e. The molecule has 2 saturated heterocycles. The molecule has 0 bridgehead atoms. The Hall–Kier alpha value is -2.24. The van der Waals surface area contributed by atoms with E-state index in [0.717, 1.165) is 43.0 Å². The van der Waals surface area contributed by atoms with Gasteiger partial charge in [-0.15, -0.1) is 0 Å². The lowest BCUT2D eigenvalue weighted by Crippen LogP contribution is -2.37. The number of nitrogens with zero attached hydrogens (tertiary/aromatic N) is 3. The molecule has 9 nitrogen and oxygen atoms in total. The Morgan fingerprint density at radius 3 is 2.41 bits per heavy atom. The third-order valence-electron chi connectivity index (χ3n) is 5.52. The number of hydrogen-bond donors (Lipinski definition) is 3. The second-order valence-electron chi connectivity index (χ2n) is 8.23. The van der Waals surface area contributed by atoms with Gasteiger partial charge in [-0.25, -0.2) is 9.97 Å². The monoisotopic (exact) mass is 462 g/mol. The van der Waals surface area contributed by atoms with Gasteiger partial charge < -0.3 is 19.7 Å². The van der Waals surface area contributed by atoms with Crippen molar-refractivity contribution in [3.05, 3.63) is 36.0 Å². The average Bonchev–Trinajstić information content (AvgIpc) is 2.79. The Morgan fingerprint density at radius 1 is 1.09 bits per heavy atom. The minimum atomic E-state index is -2.74. The number of hydrogen-bond acceptors (Lipinski definition) is 8. The van der Waals surface area contributed by atoms with Crippen LogP contribution in [0.15, 0.2) is 30.3 Å². The van der Waals surface area contributed by atoms with Gasteiger partial charge in [0.15, 0.2) is 5.82 Å². The van der Waals surface area contributed by atoms with Crippen molar-refractivity contribution in [2.24, 2.45) is 5.92 Å². The summed E-state index contributed by atoms with van der Waals surface area (Å²) in [7, 11) is -2.74. The summed E-state index contributed by atoms with van der Waals surface area (Å²) in [5, 5.41) is 2.98. The lowest BCUT2D eigenvalue weighted by molar-refractivity contribution is -0.122. The molecule has 0 unspecified atom stereocenters. The molecule has 0 spiro atoms. The number of carbonyl (C=O) groups is 1. The quantitative estimate of drug-likeness (QED) is 0.599. The van der Waals surface area contributed by atoms with Crippen LogP contribution in [0, 0.1) is 5.92 Å². The molecule has 4 rings (SSSR count). The molecule has 0 radical (unpaired) electrons. The number of nitrogens with one attached hydrogen (secondary N) is 1. The van der Waals surface area contributed by atoms with E-state index in [1.54, 1.807) is 0 Å². The number of amides is 1. The van der Waals surface area contributed by atoms with Gasteiger partial charge in [0.05, 0.1) is 24.7 Å². The molecule has 2 aliphatic heterocycles. The van der Waals surface area contributed by atoms with Gasteiger partial charge in [0.2, 0.25) is 5.91 Å². The van der Waals surface area contributed by atoms with Crippen molar-refractivity contribution in [1.82, 2.24) is 9.97 Å². The normalized spacial score (nSPS) is 18.4. The van der Waals surface area contributed by atoms with Crippen LogP contribution in [0.1, 0.15) is 18.5 Å². The van der Waals surface area contributed by atoms with Gasteiger partial charge in [0, 0.05) is 55.8 Å². The van der Waals surface area contributed by atoms with E-state index in [4.69, 9.17) is 14.5 Å². The molecule has 3 heterocycles. The summed E-state index contributed by atoms with van der Waals surface area (Å²) in [6, 6.07) is 9.22. The highest BCUT2D eigenvalue weighted by molar-refractivity contribution is 8.23. The van der Waals surface area contributed by atoms with Crippen molar-refractivity contribution in [2.75, 3.05) is 56.0 Å². The predicted molar refractivity (Wildman–Crippen MR) is 125 cm³/mol. The van der Waals surface area contributed by atoms with Crippen LogP contribution in [-0.4, -0.2) is 70.8 Å². The Bertz CT molecular complexity index is 923. The Kier molecular flexibility index (Phi) is 7.27. The third-order valence-corrected chi connectivity index (χ3v) is 6.37. The highest BCUT2D eigenvalue weighted by Crippen LogP contribution is 2.38. The minimum absolute atomic E-state index is 0.0158. The Morgan fingerprint density at radius 2 is 1.75 bits per heavy atom. The number of carbonyl (C=O) groups excluding carboxylic acids is 1. The standard InChI is InChI=1S/C22H30N4O5S/c1-32(28,29)15-19-14-20(26-8-12-31-13-9-26)25-21(23-19)16-2-4-18(5-3-16)24-22(27)17-6-10-30-11-7-17/h2-5,14,17,28-29H,6-13,15H2,1H3,(H,24,27). The molecule has 2 fully saturated rings. The van der Waals surface area contributed by atoms with Crippen molar-refractivity contribution < 1.29 is 23.4 Å². The van der Waals surface area contributed by atoms with E-state index in [0.29, 0.717) is 37.9 Å². The fourth-order valence-electron chi connectivity index (χ4n) is 3.83. The summed E-state index contributed by atoms with van der Waals surface area (Å²) in [6.45, 7) is 3.93. The zero-order valence-corrected chi connectivity index (χ0v) is 19.0. The van der Waals surface area contributed by atoms with Crippen molar-refractivity contribution >= 4 is 28.0 Å². The second kappa shape index (κ2) is 10.1. The largest absolute Gasteiger partial charge is 0.381 e. The lowest BCUT2D eigenvalue weighted by atomic mass is 9.99. The van der Waals surface area contributed by atoms with Gasteiger partial charge in [-0.1, -0.05) is 0 Å². The summed E-state index contributed by atoms with van der Waals surface area (Å²) in [5.74, 6) is 1.32. The molecule has 1 amide bonds. The molecule has 3 N–H and O–H groups in total. The smallest absolute Gasteiger partial charge is 0.227 e. The van der Waals surface area contributed by atoms with Gasteiger partial charge in [0.25, 0.3) is 0 Å². The van der Waals surface area contributed by atoms with Crippen LogP contribution in [-0.2, 0) is 20.0 Å². The van der Waals surface area contributed by atoms with Crippen LogP contribution in [0.4, 0.5) is 11.5 Å². The van der Waals surface area contributed by atoms with Crippen molar-refractivity contribution in [3.63, 3.8) is 0 Å². The predicted octanol–water partition coefficient (Wildman–Crippen LogP) is 3.23. The molecule has 1 aromatic heterocycles. The number of aromatic nitrogens is 2. The molecule has 10 heteroatoms. The van der Waals surface area contributed by atoms with E-state index >= 15 is 0 Å². The van der Waals surface area contributed by atoms with Crippen LogP contribution in [0.25, 0.3) is 11.4 Å². The van der Waals surface area contributed by atoms with E-state index in [1.807, 2.05) is 30.3 Å². The highest BCUT2D eigenvalue weighted by atomic mass is 32.3. The molecular weight excluding hydrogens is 432 g/mol. The first-order valence-corrected chi connectivity index (χ1v) is 12.9. The molecule has 32 heavy (non-hydrogen) atoms. The van der Waals surface area contributed by atoms with Crippen molar-refractivity contribution in [3.8, 4) is 11.4 Å². The van der Waals surface area contributed by atoms with Crippen LogP contribution in [0.5, 0.6) is 0 Å². The first kappa shape index (κ1) is 22.9. The number of anilines is 2. The van der Waals surface area contributed by atoms with E-state index < -0.39 is 10.6 Å². The average molecular weight is 463 g/mol. The first-order valence-electron chi connectivity index (χ1n) is 10.8. The molecule has 0 atom stereocenters. The summed E-state index contributed by atoms with van der Waals surface area (Å²) >= 11 is 0. The number of rotatable bonds is 6. The maximum atomic E-state index is 12.5. The molecule has 174 valence electrons. The van der Waals surface area contributed by atoms with E-state index in [-0.39, 0.29) is 17.6 Å². The summed E-state index contributed by atoms with van der Waals surface area (Å²) in [5.41, 5.74) is 2.09. The van der Waals surface area contributed by atoms with E-state index in [9.17, 15) is 13.9 Å². The molecule has 1 aromatic carbocycles. The van der Waals surface area contributed by atoms with Crippen LogP contribution < -0.4 is 10.2 Å². The summed E-state index contributed by atoms with van der Waals surface area (Å²) in [6.07, 6.45) is 2.90. The van der Waals surface area contributed by atoms with Crippen LogP contribution in [0.3, 0.4) is 0 Å². The highest BCUT2D eigenvalue weighted by Gasteiger charge is 2.22. The van der Waals surface area contributed by atoms with Gasteiger partial charge >= 0.3 is 0 Å². The Balaban J connectivity index is 1.54. The summed E-state index contributed by atoms with van der Waals surface area (Å²) < 4.78 is 30.7. The number of benzene rings is 1. The molecule has 2 aliphatic rings. The SMILES string of the molecule is CS(O)(O)Cc1cc(N2CCOCC2)nc(-c2ccc(NC(=O)C3CCOCC3)cc2)n1. The van der Waals surface area contributed by atoms with E-state index in [2.05, 4.69) is 15.2 Å². The van der Waals surface area contributed by atoms with E-state index in [1.165, 1.54) is 6.26 Å². The zero-order chi connectivity index (χ0) is 22.6. The van der Waals surface area contributed by atoms with Gasteiger partial charge in [0.1, 0.15) is 5.82 Å². The maximum absolute atomic E-state index is 12.5.